The van der Waals surface area contributed by atoms with Crippen LogP contribution in [0.3, 0.4) is 0 Å². The zero-order valence-electron chi connectivity index (χ0n) is 12.2. The van der Waals surface area contributed by atoms with Crippen molar-refractivity contribution in [3.05, 3.63) is 48.9 Å². The summed E-state index contributed by atoms with van der Waals surface area (Å²) in [4.78, 5) is 38.0. The molecule has 0 aliphatic carbocycles. The van der Waals surface area contributed by atoms with E-state index >= 15 is 0 Å². The first-order chi connectivity index (χ1) is 11.8. The van der Waals surface area contributed by atoms with Crippen molar-refractivity contribution in [2.75, 3.05) is 0 Å². The Labute approximate surface area is 136 Å². The van der Waals surface area contributed by atoms with Crippen molar-refractivity contribution in [2.24, 2.45) is 0 Å². The molecule has 24 heavy (non-hydrogen) atoms. The molecule has 0 saturated heterocycles. The van der Waals surface area contributed by atoms with Gasteiger partial charge in [0.25, 0.3) is 12.9 Å². The molecule has 0 aromatic carbocycles. The molecule has 0 unspecified atom stereocenters. The summed E-state index contributed by atoms with van der Waals surface area (Å²) in [6.07, 6.45) is 4.63. The first-order valence-electron chi connectivity index (χ1n) is 6.76. The highest BCUT2D eigenvalue weighted by Crippen LogP contribution is 2.27. The third kappa shape index (κ3) is 3.38. The third-order valence-corrected chi connectivity index (χ3v) is 2.96. The Balaban J connectivity index is 2.10. The third-order valence-electron chi connectivity index (χ3n) is 2.96. The van der Waals surface area contributed by atoms with Gasteiger partial charge in [-0.2, -0.15) is 0 Å². The van der Waals surface area contributed by atoms with Crippen LogP contribution in [0.5, 0.6) is 11.5 Å². The molecule has 0 amide bonds. The fourth-order valence-corrected chi connectivity index (χ4v) is 1.99. The predicted octanol–water partition coefficient (Wildman–Crippen LogP) is 1.67. The van der Waals surface area contributed by atoms with Crippen molar-refractivity contribution in [3.8, 4) is 34.4 Å². The maximum Gasteiger partial charge on any atom is 0.298 e. The van der Waals surface area contributed by atoms with Crippen molar-refractivity contribution in [1.82, 2.24) is 19.9 Å². The normalized spacial score (nSPS) is 10.0. The fourth-order valence-electron chi connectivity index (χ4n) is 1.99. The van der Waals surface area contributed by atoms with E-state index in [1.807, 2.05) is 0 Å². The molecule has 3 rings (SSSR count). The zero-order valence-corrected chi connectivity index (χ0v) is 12.2. The lowest BCUT2D eigenvalue weighted by Crippen LogP contribution is -1.98. The minimum Gasteiger partial charge on any atom is -0.429 e. The molecule has 0 aliphatic rings. The molecule has 118 valence electrons. The molecule has 3 aromatic heterocycles. The number of hydrogen-bond donors (Lipinski definition) is 0. The standard InChI is InChI=1S/C16H10N4O4/c21-9-23-11-2-5-17-13(6-11)14-7-12(24-10-22)8-15(20-14)16-18-3-1-4-19-16/h1-10H. The van der Waals surface area contributed by atoms with Crippen LogP contribution in [-0.4, -0.2) is 32.9 Å². The van der Waals surface area contributed by atoms with Crippen LogP contribution in [0.1, 0.15) is 0 Å². The number of nitrogens with zero attached hydrogens (tertiary/aromatic N) is 4. The Kier molecular flexibility index (Phi) is 4.47. The molecule has 0 radical (unpaired) electrons. The lowest BCUT2D eigenvalue weighted by atomic mass is 10.2. The van der Waals surface area contributed by atoms with Gasteiger partial charge >= 0.3 is 0 Å². The molecule has 8 heteroatoms. The Hall–Kier alpha value is -3.68. The summed E-state index contributed by atoms with van der Waals surface area (Å²) in [5.74, 6) is 0.951. The quantitative estimate of drug-likeness (QED) is 0.631. The van der Waals surface area contributed by atoms with Crippen molar-refractivity contribution >= 4 is 12.9 Å². The van der Waals surface area contributed by atoms with Crippen molar-refractivity contribution in [3.63, 3.8) is 0 Å². The van der Waals surface area contributed by atoms with Gasteiger partial charge in [0.2, 0.25) is 0 Å². The smallest absolute Gasteiger partial charge is 0.298 e. The Morgan fingerprint density at radius 1 is 0.750 bits per heavy atom. The zero-order chi connectivity index (χ0) is 16.8. The van der Waals surface area contributed by atoms with E-state index in [0.717, 1.165) is 0 Å². The molecule has 0 aliphatic heterocycles. The van der Waals surface area contributed by atoms with E-state index < -0.39 is 0 Å². The van der Waals surface area contributed by atoms with Gasteiger partial charge in [0, 0.05) is 36.8 Å². The maximum absolute atomic E-state index is 10.7. The van der Waals surface area contributed by atoms with Crippen LogP contribution in [0.25, 0.3) is 22.9 Å². The number of carbonyl (C=O) groups is 2. The number of ether oxygens (including phenoxy) is 2. The van der Waals surface area contributed by atoms with Gasteiger partial charge in [-0.15, -0.1) is 0 Å². The monoisotopic (exact) mass is 322 g/mol. The van der Waals surface area contributed by atoms with Crippen LogP contribution < -0.4 is 9.47 Å². The molecule has 0 atom stereocenters. The molecular weight excluding hydrogens is 312 g/mol. The average Bonchev–Trinajstić information content (AvgIpc) is 2.63. The SMILES string of the molecule is O=COc1ccnc(-c2cc(OC=O)cc(-c3ncccn3)n2)c1. The second-order valence-electron chi connectivity index (χ2n) is 4.45. The Bertz CT molecular complexity index is 871. The molecule has 0 N–H and O–H groups in total. The molecular formula is C16H10N4O4. The largest absolute Gasteiger partial charge is 0.429 e. The van der Waals surface area contributed by atoms with Gasteiger partial charge < -0.3 is 9.47 Å². The first kappa shape index (κ1) is 15.2. The van der Waals surface area contributed by atoms with E-state index in [4.69, 9.17) is 9.47 Å². The van der Waals surface area contributed by atoms with Crippen LogP contribution in [-0.2, 0) is 9.59 Å². The summed E-state index contributed by atoms with van der Waals surface area (Å²) in [6, 6.07) is 7.83. The van der Waals surface area contributed by atoms with Gasteiger partial charge in [-0.3, -0.25) is 14.6 Å². The van der Waals surface area contributed by atoms with Crippen LogP contribution in [0.4, 0.5) is 0 Å². The van der Waals surface area contributed by atoms with Crippen molar-refractivity contribution in [2.45, 2.75) is 0 Å². The first-order valence-corrected chi connectivity index (χ1v) is 6.76. The summed E-state index contributed by atoms with van der Waals surface area (Å²) in [5.41, 5.74) is 1.25. The molecule has 3 aromatic rings. The fraction of sp³-hybridized carbons (Fsp3) is 0. The van der Waals surface area contributed by atoms with E-state index in [-0.39, 0.29) is 5.75 Å². The molecule has 0 fully saturated rings. The number of hydrogen-bond acceptors (Lipinski definition) is 8. The summed E-state index contributed by atoms with van der Waals surface area (Å²) in [5, 5.41) is 0. The average molecular weight is 322 g/mol. The maximum atomic E-state index is 10.7. The molecule has 8 nitrogen and oxygen atoms in total. The second-order valence-corrected chi connectivity index (χ2v) is 4.45. The molecule has 3 heterocycles. The van der Waals surface area contributed by atoms with Crippen molar-refractivity contribution in [1.29, 1.82) is 0 Å². The highest BCUT2D eigenvalue weighted by atomic mass is 16.5. The van der Waals surface area contributed by atoms with Crippen LogP contribution in [0.15, 0.2) is 48.9 Å². The highest BCUT2D eigenvalue weighted by molar-refractivity contribution is 5.65. The summed E-state index contributed by atoms with van der Waals surface area (Å²) in [6.45, 7) is 0.635. The van der Waals surface area contributed by atoms with Crippen LogP contribution >= 0.6 is 0 Å². The van der Waals surface area contributed by atoms with E-state index in [1.165, 1.54) is 24.4 Å². The van der Waals surface area contributed by atoms with Crippen LogP contribution in [0.2, 0.25) is 0 Å². The summed E-state index contributed by atoms with van der Waals surface area (Å²) in [7, 11) is 0. The van der Waals surface area contributed by atoms with Gasteiger partial charge in [-0.05, 0) is 12.1 Å². The van der Waals surface area contributed by atoms with Gasteiger partial charge in [-0.1, -0.05) is 0 Å². The minimum absolute atomic E-state index is 0.265. The van der Waals surface area contributed by atoms with E-state index in [2.05, 4.69) is 19.9 Å². The van der Waals surface area contributed by atoms with E-state index in [1.54, 1.807) is 24.5 Å². The number of carbonyl (C=O) groups excluding carboxylic acids is 2. The number of rotatable bonds is 6. The van der Waals surface area contributed by atoms with Crippen molar-refractivity contribution < 1.29 is 19.1 Å². The van der Waals surface area contributed by atoms with Crippen LogP contribution in [0, 0.1) is 0 Å². The Morgan fingerprint density at radius 3 is 2.17 bits per heavy atom. The summed E-state index contributed by atoms with van der Waals surface area (Å²) < 4.78 is 9.72. The molecule has 0 spiro atoms. The van der Waals surface area contributed by atoms with Gasteiger partial charge in [0.1, 0.15) is 17.2 Å². The molecule has 0 saturated carbocycles. The number of aromatic nitrogens is 4. The van der Waals surface area contributed by atoms with E-state index in [0.29, 0.717) is 41.6 Å². The number of pyridine rings is 2. The van der Waals surface area contributed by atoms with E-state index in [9.17, 15) is 9.59 Å². The van der Waals surface area contributed by atoms with Gasteiger partial charge in [0.05, 0.1) is 11.4 Å². The lowest BCUT2D eigenvalue weighted by Gasteiger charge is -2.07. The minimum atomic E-state index is 0.265. The van der Waals surface area contributed by atoms with Gasteiger partial charge in [-0.25, -0.2) is 15.0 Å². The second kappa shape index (κ2) is 7.05. The molecule has 0 bridgehead atoms. The predicted molar refractivity (Wildman–Crippen MR) is 81.9 cm³/mol. The lowest BCUT2D eigenvalue weighted by molar-refractivity contribution is -0.121. The topological polar surface area (TPSA) is 104 Å². The highest BCUT2D eigenvalue weighted by Gasteiger charge is 2.11. The Morgan fingerprint density at radius 2 is 1.42 bits per heavy atom. The van der Waals surface area contributed by atoms with Gasteiger partial charge in [0.15, 0.2) is 5.82 Å². The summed E-state index contributed by atoms with van der Waals surface area (Å²) >= 11 is 0.